The second-order valence-corrected chi connectivity index (χ2v) is 7.59. The lowest BCUT2D eigenvalue weighted by atomic mass is 10.1. The van der Waals surface area contributed by atoms with Crippen LogP contribution in [-0.2, 0) is 13.6 Å². The van der Waals surface area contributed by atoms with Gasteiger partial charge < -0.3 is 9.42 Å². The Morgan fingerprint density at radius 1 is 1.11 bits per heavy atom. The predicted molar refractivity (Wildman–Crippen MR) is 107 cm³/mol. The molecule has 0 N–H and O–H groups in total. The highest BCUT2D eigenvalue weighted by atomic mass is 35.5. The molecule has 3 aromatic rings. The number of nitrogens with zero attached hydrogens (tertiary/aromatic N) is 7. The molecule has 3 aromatic heterocycles. The van der Waals surface area contributed by atoms with Crippen molar-refractivity contribution in [2.75, 3.05) is 31.1 Å². The van der Waals surface area contributed by atoms with Gasteiger partial charge in [-0.1, -0.05) is 16.8 Å². The first kappa shape index (κ1) is 18.9. The molecule has 1 saturated heterocycles. The molecule has 1 aliphatic rings. The van der Waals surface area contributed by atoms with Crippen molar-refractivity contribution in [1.82, 2.24) is 29.8 Å². The molecular weight excluding hydrogens is 378 g/mol. The number of hydrogen-bond acceptors (Lipinski definition) is 7. The van der Waals surface area contributed by atoms with Crippen molar-refractivity contribution in [3.05, 3.63) is 40.1 Å². The molecule has 0 spiro atoms. The largest absolute Gasteiger partial charge is 0.361 e. The number of aryl methyl sites for hydroxylation is 3. The van der Waals surface area contributed by atoms with Crippen LogP contribution in [0.2, 0.25) is 5.15 Å². The van der Waals surface area contributed by atoms with Crippen molar-refractivity contribution in [3.63, 3.8) is 0 Å². The number of piperazine rings is 1. The molecule has 148 valence electrons. The summed E-state index contributed by atoms with van der Waals surface area (Å²) in [5.74, 6) is 1.79. The summed E-state index contributed by atoms with van der Waals surface area (Å²) in [7, 11) is 1.85. The van der Waals surface area contributed by atoms with Gasteiger partial charge in [-0.05, 0) is 20.8 Å². The van der Waals surface area contributed by atoms with Gasteiger partial charge in [-0.15, -0.1) is 0 Å². The molecule has 28 heavy (non-hydrogen) atoms. The third kappa shape index (κ3) is 3.49. The Hall–Kier alpha value is -2.45. The Kier molecular flexibility index (Phi) is 5.07. The highest BCUT2D eigenvalue weighted by molar-refractivity contribution is 6.30. The number of anilines is 1. The zero-order chi connectivity index (χ0) is 19.8. The minimum absolute atomic E-state index is 0.639. The molecule has 0 radical (unpaired) electrons. The summed E-state index contributed by atoms with van der Waals surface area (Å²) < 4.78 is 6.92. The third-order valence-corrected chi connectivity index (χ3v) is 5.78. The quantitative estimate of drug-likeness (QED) is 0.665. The molecule has 0 amide bonds. The molecule has 9 heteroatoms. The van der Waals surface area contributed by atoms with Crippen LogP contribution in [0.15, 0.2) is 16.9 Å². The first-order valence-electron chi connectivity index (χ1n) is 9.34. The van der Waals surface area contributed by atoms with Gasteiger partial charge in [-0.2, -0.15) is 5.10 Å². The van der Waals surface area contributed by atoms with Crippen LogP contribution < -0.4 is 4.90 Å². The average molecular weight is 402 g/mol. The molecular formula is C19H24ClN7O. The van der Waals surface area contributed by atoms with E-state index in [-0.39, 0.29) is 0 Å². The number of aromatic nitrogens is 5. The van der Waals surface area contributed by atoms with Gasteiger partial charge >= 0.3 is 0 Å². The third-order valence-electron chi connectivity index (χ3n) is 5.30. The molecule has 1 aliphatic heterocycles. The summed E-state index contributed by atoms with van der Waals surface area (Å²) in [5, 5.41) is 9.30. The average Bonchev–Trinajstić information content (AvgIpc) is 3.23. The lowest BCUT2D eigenvalue weighted by Crippen LogP contribution is -2.46. The molecule has 0 bridgehead atoms. The van der Waals surface area contributed by atoms with Gasteiger partial charge in [0, 0.05) is 62.7 Å². The van der Waals surface area contributed by atoms with Gasteiger partial charge in [-0.25, -0.2) is 9.97 Å². The summed E-state index contributed by atoms with van der Waals surface area (Å²) in [6, 6.07) is 1.89. The fourth-order valence-corrected chi connectivity index (χ4v) is 3.74. The fourth-order valence-electron chi connectivity index (χ4n) is 3.56. The highest BCUT2D eigenvalue weighted by Crippen LogP contribution is 2.30. The molecule has 4 heterocycles. The van der Waals surface area contributed by atoms with E-state index in [0.29, 0.717) is 5.15 Å². The summed E-state index contributed by atoms with van der Waals surface area (Å²) in [5.41, 5.74) is 4.67. The van der Waals surface area contributed by atoms with Crippen LogP contribution in [0.4, 0.5) is 5.82 Å². The van der Waals surface area contributed by atoms with Crippen LogP contribution in [-0.4, -0.2) is 56.0 Å². The lowest BCUT2D eigenvalue weighted by Gasteiger charge is -2.36. The first-order valence-corrected chi connectivity index (χ1v) is 9.72. The van der Waals surface area contributed by atoms with E-state index in [1.807, 2.05) is 27.0 Å². The van der Waals surface area contributed by atoms with Gasteiger partial charge in [0.1, 0.15) is 34.4 Å². The maximum absolute atomic E-state index is 6.54. The second-order valence-electron chi connectivity index (χ2n) is 7.24. The van der Waals surface area contributed by atoms with E-state index in [4.69, 9.17) is 16.1 Å². The van der Waals surface area contributed by atoms with E-state index in [1.54, 1.807) is 11.0 Å². The van der Waals surface area contributed by atoms with Gasteiger partial charge in [0.25, 0.3) is 0 Å². The Balaban J connectivity index is 1.49. The summed E-state index contributed by atoms with van der Waals surface area (Å²) in [6.07, 6.45) is 1.64. The van der Waals surface area contributed by atoms with Crippen molar-refractivity contribution >= 4 is 17.4 Å². The zero-order valence-corrected chi connectivity index (χ0v) is 17.4. The molecule has 4 rings (SSSR count). The van der Waals surface area contributed by atoms with Gasteiger partial charge in [0.15, 0.2) is 0 Å². The van der Waals surface area contributed by atoms with E-state index in [1.165, 1.54) is 0 Å². The van der Waals surface area contributed by atoms with Crippen LogP contribution in [0.1, 0.15) is 22.6 Å². The van der Waals surface area contributed by atoms with Crippen molar-refractivity contribution in [2.45, 2.75) is 27.3 Å². The van der Waals surface area contributed by atoms with Crippen molar-refractivity contribution in [3.8, 4) is 11.4 Å². The number of rotatable bonds is 4. The van der Waals surface area contributed by atoms with Crippen LogP contribution in [0.3, 0.4) is 0 Å². The minimum Gasteiger partial charge on any atom is -0.361 e. The van der Waals surface area contributed by atoms with E-state index >= 15 is 0 Å². The molecule has 0 unspecified atom stereocenters. The van der Waals surface area contributed by atoms with E-state index in [2.05, 4.69) is 36.9 Å². The van der Waals surface area contributed by atoms with Gasteiger partial charge in [-0.3, -0.25) is 9.58 Å². The predicted octanol–water partition coefficient (Wildman–Crippen LogP) is 2.77. The van der Waals surface area contributed by atoms with Crippen LogP contribution in [0.5, 0.6) is 0 Å². The Bertz CT molecular complexity index is 988. The first-order chi connectivity index (χ1) is 13.4. The number of halogens is 1. The lowest BCUT2D eigenvalue weighted by molar-refractivity contribution is 0.249. The number of hydrogen-bond donors (Lipinski definition) is 0. The standard InChI is InChI=1S/C19H24ClN7O/c1-12-9-16(24-28-12)17-15(18(20)25(4)23-17)10-26-5-7-27(8-6-26)19-13(2)14(3)21-11-22-19/h9,11H,5-8,10H2,1-4H3. The summed E-state index contributed by atoms with van der Waals surface area (Å²) in [6.45, 7) is 10.4. The smallest absolute Gasteiger partial charge is 0.135 e. The van der Waals surface area contributed by atoms with E-state index < -0.39 is 0 Å². The van der Waals surface area contributed by atoms with E-state index in [0.717, 1.165) is 72.5 Å². The topological polar surface area (TPSA) is 76.1 Å². The zero-order valence-electron chi connectivity index (χ0n) is 16.6. The minimum atomic E-state index is 0.639. The monoisotopic (exact) mass is 401 g/mol. The van der Waals surface area contributed by atoms with Gasteiger partial charge in [0.2, 0.25) is 0 Å². The maximum Gasteiger partial charge on any atom is 0.135 e. The fraction of sp³-hybridized carbons (Fsp3) is 0.474. The molecule has 1 fully saturated rings. The van der Waals surface area contributed by atoms with Crippen LogP contribution in [0, 0.1) is 20.8 Å². The molecule has 0 aliphatic carbocycles. The molecule has 0 saturated carbocycles. The normalized spacial score (nSPS) is 15.4. The Labute approximate surface area is 169 Å². The highest BCUT2D eigenvalue weighted by Gasteiger charge is 2.25. The Morgan fingerprint density at radius 3 is 2.54 bits per heavy atom. The second kappa shape index (κ2) is 7.52. The molecule has 0 atom stereocenters. The van der Waals surface area contributed by atoms with Crippen molar-refractivity contribution < 1.29 is 4.52 Å². The van der Waals surface area contributed by atoms with Crippen LogP contribution in [0.25, 0.3) is 11.4 Å². The SMILES string of the molecule is Cc1cc(-c2nn(C)c(Cl)c2CN2CCN(c3ncnc(C)c3C)CC2)no1. The van der Waals surface area contributed by atoms with E-state index in [9.17, 15) is 0 Å². The molecule has 8 nitrogen and oxygen atoms in total. The Morgan fingerprint density at radius 2 is 1.86 bits per heavy atom. The summed E-state index contributed by atoms with van der Waals surface area (Å²) >= 11 is 6.54. The van der Waals surface area contributed by atoms with Crippen LogP contribution >= 0.6 is 11.6 Å². The van der Waals surface area contributed by atoms with Gasteiger partial charge in [0.05, 0.1) is 0 Å². The maximum atomic E-state index is 6.54. The summed E-state index contributed by atoms with van der Waals surface area (Å²) in [4.78, 5) is 13.5. The van der Waals surface area contributed by atoms with Crippen molar-refractivity contribution in [2.24, 2.45) is 7.05 Å². The van der Waals surface area contributed by atoms with Crippen molar-refractivity contribution in [1.29, 1.82) is 0 Å². The molecule has 0 aromatic carbocycles.